The third kappa shape index (κ3) is 2.44. The largest absolute Gasteiger partial charge is 0.295 e. The number of carbonyl (C=O) groups excluding carboxylic acids is 1. The number of ketones is 1. The van der Waals surface area contributed by atoms with Crippen LogP contribution in [-0.2, 0) is 9.84 Å². The first-order chi connectivity index (χ1) is 9.21. The van der Waals surface area contributed by atoms with E-state index in [9.17, 15) is 18.0 Å². The molecular weight excluding hydrogens is 280 g/mol. The minimum atomic E-state index is -3.28. The van der Waals surface area contributed by atoms with Crippen molar-refractivity contribution in [1.29, 1.82) is 0 Å². The predicted molar refractivity (Wildman–Crippen MR) is 74.2 cm³/mol. The van der Waals surface area contributed by atoms with E-state index in [-0.39, 0.29) is 16.2 Å². The average Bonchev–Trinajstić information content (AvgIpc) is 2.64. The Morgan fingerprint density at radius 3 is 2.15 bits per heavy atom. The Labute approximate surface area is 116 Å². The van der Waals surface area contributed by atoms with Gasteiger partial charge in [0.2, 0.25) is 0 Å². The number of Topliss-reactive ketones (excluding diaryl/α,β-unsaturated/α-hetero) is 1. The summed E-state index contributed by atoms with van der Waals surface area (Å²) in [5, 5.41) is 2.80. The molecule has 106 valence electrons. The maximum atomic E-state index is 12.1. The van der Waals surface area contributed by atoms with Crippen LogP contribution < -0.4 is 5.56 Å². The molecule has 1 heterocycles. The molecule has 0 saturated carbocycles. The number of carbonyl (C=O) groups is 1. The number of nitrogens with zero attached hydrogens (tertiary/aromatic N) is 1. The highest BCUT2D eigenvalue weighted by Crippen LogP contribution is 2.13. The lowest BCUT2D eigenvalue weighted by Gasteiger charge is -2.03. The molecular formula is C13H14N2O4S. The molecule has 0 bridgehead atoms. The fourth-order valence-corrected chi connectivity index (χ4v) is 2.62. The molecule has 2 aromatic rings. The molecule has 0 aliphatic heterocycles. The zero-order valence-corrected chi connectivity index (χ0v) is 12.1. The number of rotatable bonds is 3. The molecule has 1 aromatic heterocycles. The number of aromatic amines is 1. The van der Waals surface area contributed by atoms with Crippen molar-refractivity contribution in [3.05, 3.63) is 45.9 Å². The Hall–Kier alpha value is -2.15. The molecule has 7 heteroatoms. The van der Waals surface area contributed by atoms with Crippen molar-refractivity contribution in [2.75, 3.05) is 6.26 Å². The van der Waals surface area contributed by atoms with E-state index in [4.69, 9.17) is 0 Å². The first-order valence-electron chi connectivity index (χ1n) is 5.85. The summed E-state index contributed by atoms with van der Waals surface area (Å²) in [6.45, 7) is 2.97. The van der Waals surface area contributed by atoms with Crippen LogP contribution in [0, 0.1) is 6.92 Å². The number of hydrogen-bond acceptors (Lipinski definition) is 4. The minimum Gasteiger partial charge on any atom is -0.295 e. The average molecular weight is 294 g/mol. The number of hydrogen-bond donors (Lipinski definition) is 1. The zero-order valence-electron chi connectivity index (χ0n) is 11.3. The fraction of sp³-hybridized carbons (Fsp3) is 0.231. The van der Waals surface area contributed by atoms with Crippen LogP contribution >= 0.6 is 0 Å². The van der Waals surface area contributed by atoms with E-state index in [2.05, 4.69) is 5.10 Å². The van der Waals surface area contributed by atoms with E-state index in [1.165, 1.54) is 35.9 Å². The van der Waals surface area contributed by atoms with Gasteiger partial charge in [0.15, 0.2) is 15.6 Å². The van der Waals surface area contributed by atoms with Gasteiger partial charge in [0.25, 0.3) is 5.56 Å². The number of H-pyrrole nitrogens is 1. The van der Waals surface area contributed by atoms with Crippen molar-refractivity contribution in [3.8, 4) is 5.69 Å². The first-order valence-corrected chi connectivity index (χ1v) is 7.74. The van der Waals surface area contributed by atoms with E-state index < -0.39 is 15.4 Å². The number of nitrogens with one attached hydrogen (secondary N) is 1. The SMILES string of the molecule is CC(=O)c1c(C)[nH]n(-c2ccc(S(C)(=O)=O)cc2)c1=O. The summed E-state index contributed by atoms with van der Waals surface area (Å²) in [5.74, 6) is -0.310. The van der Waals surface area contributed by atoms with Gasteiger partial charge >= 0.3 is 0 Å². The van der Waals surface area contributed by atoms with Crippen LogP contribution in [0.1, 0.15) is 23.0 Å². The summed E-state index contributed by atoms with van der Waals surface area (Å²) >= 11 is 0. The van der Waals surface area contributed by atoms with Crippen molar-refractivity contribution in [1.82, 2.24) is 9.78 Å². The summed E-state index contributed by atoms with van der Waals surface area (Å²) in [6.07, 6.45) is 1.11. The summed E-state index contributed by atoms with van der Waals surface area (Å²) in [7, 11) is -3.28. The molecule has 2 rings (SSSR count). The summed E-state index contributed by atoms with van der Waals surface area (Å²) in [6, 6.07) is 5.86. The number of benzene rings is 1. The third-order valence-electron chi connectivity index (χ3n) is 2.95. The normalized spacial score (nSPS) is 11.6. The van der Waals surface area contributed by atoms with Gasteiger partial charge in [0, 0.05) is 11.9 Å². The van der Waals surface area contributed by atoms with E-state index >= 15 is 0 Å². The van der Waals surface area contributed by atoms with Crippen molar-refractivity contribution in [3.63, 3.8) is 0 Å². The molecule has 0 radical (unpaired) electrons. The zero-order chi connectivity index (χ0) is 15.1. The lowest BCUT2D eigenvalue weighted by atomic mass is 10.2. The topological polar surface area (TPSA) is 89.0 Å². The van der Waals surface area contributed by atoms with Gasteiger partial charge < -0.3 is 0 Å². The second-order valence-electron chi connectivity index (χ2n) is 4.57. The summed E-state index contributed by atoms with van der Waals surface area (Å²) < 4.78 is 24.0. The molecule has 0 spiro atoms. The van der Waals surface area contributed by atoms with Crippen molar-refractivity contribution in [2.45, 2.75) is 18.7 Å². The fourth-order valence-electron chi connectivity index (χ4n) is 1.99. The van der Waals surface area contributed by atoms with E-state index in [0.717, 1.165) is 6.26 Å². The Kier molecular flexibility index (Phi) is 3.39. The Morgan fingerprint density at radius 1 is 1.20 bits per heavy atom. The molecule has 20 heavy (non-hydrogen) atoms. The highest BCUT2D eigenvalue weighted by Gasteiger charge is 2.16. The maximum absolute atomic E-state index is 12.1. The number of aryl methyl sites for hydroxylation is 1. The van der Waals surface area contributed by atoms with Gasteiger partial charge in [-0.3, -0.25) is 14.7 Å². The number of sulfone groups is 1. The van der Waals surface area contributed by atoms with E-state index in [0.29, 0.717) is 11.4 Å². The molecule has 0 atom stereocenters. The van der Waals surface area contributed by atoms with Gasteiger partial charge in [-0.15, -0.1) is 0 Å². The molecule has 0 saturated heterocycles. The smallest absolute Gasteiger partial charge is 0.282 e. The number of aromatic nitrogens is 2. The Bertz CT molecular complexity index is 826. The molecule has 0 fully saturated rings. The van der Waals surface area contributed by atoms with Crippen molar-refractivity contribution in [2.24, 2.45) is 0 Å². The molecule has 0 aliphatic rings. The second-order valence-corrected chi connectivity index (χ2v) is 6.59. The molecule has 0 amide bonds. The Balaban J connectivity index is 2.56. The van der Waals surface area contributed by atoms with Gasteiger partial charge in [-0.05, 0) is 38.1 Å². The van der Waals surface area contributed by atoms with Crippen LogP contribution in [0.15, 0.2) is 34.0 Å². The lowest BCUT2D eigenvalue weighted by molar-refractivity contribution is 0.101. The molecule has 0 aliphatic carbocycles. The molecule has 6 nitrogen and oxygen atoms in total. The van der Waals surface area contributed by atoms with Crippen LogP contribution in [0.4, 0.5) is 0 Å². The van der Waals surface area contributed by atoms with Crippen LogP contribution in [0.3, 0.4) is 0 Å². The third-order valence-corrected chi connectivity index (χ3v) is 4.08. The maximum Gasteiger partial charge on any atom is 0.282 e. The minimum absolute atomic E-state index is 0.109. The highest BCUT2D eigenvalue weighted by atomic mass is 32.2. The quantitative estimate of drug-likeness (QED) is 0.858. The van der Waals surface area contributed by atoms with Crippen LogP contribution in [0.2, 0.25) is 0 Å². The van der Waals surface area contributed by atoms with Crippen LogP contribution in [0.5, 0.6) is 0 Å². The lowest BCUT2D eigenvalue weighted by Crippen LogP contribution is -2.19. The summed E-state index contributed by atoms with van der Waals surface area (Å²) in [5.41, 5.74) is 0.618. The second kappa shape index (κ2) is 4.75. The van der Waals surface area contributed by atoms with Gasteiger partial charge in [0.1, 0.15) is 5.56 Å². The van der Waals surface area contributed by atoms with Crippen molar-refractivity contribution < 1.29 is 13.2 Å². The predicted octanol–water partition coefficient (Wildman–Crippen LogP) is 1.08. The van der Waals surface area contributed by atoms with Gasteiger partial charge in [-0.25, -0.2) is 13.1 Å². The summed E-state index contributed by atoms with van der Waals surface area (Å²) in [4.78, 5) is 23.7. The van der Waals surface area contributed by atoms with Gasteiger partial charge in [-0.2, -0.15) is 0 Å². The van der Waals surface area contributed by atoms with Crippen LogP contribution in [-0.4, -0.2) is 30.2 Å². The molecule has 0 unspecified atom stereocenters. The Morgan fingerprint density at radius 2 is 1.75 bits per heavy atom. The van der Waals surface area contributed by atoms with Gasteiger partial charge in [-0.1, -0.05) is 0 Å². The van der Waals surface area contributed by atoms with E-state index in [1.807, 2.05) is 0 Å². The highest BCUT2D eigenvalue weighted by molar-refractivity contribution is 7.90. The first kappa shape index (κ1) is 14.3. The monoisotopic (exact) mass is 294 g/mol. The molecule has 1 N–H and O–H groups in total. The molecule has 1 aromatic carbocycles. The van der Waals surface area contributed by atoms with E-state index in [1.54, 1.807) is 6.92 Å². The van der Waals surface area contributed by atoms with Gasteiger partial charge in [0.05, 0.1) is 10.6 Å². The van der Waals surface area contributed by atoms with Crippen molar-refractivity contribution >= 4 is 15.6 Å². The van der Waals surface area contributed by atoms with Crippen LogP contribution in [0.25, 0.3) is 5.69 Å². The standard InChI is InChI=1S/C13H14N2O4S/c1-8-12(9(2)16)13(17)15(14-8)10-4-6-11(7-5-10)20(3,18)19/h4-7,14H,1-3H3.